The minimum absolute atomic E-state index is 0. The van der Waals surface area contributed by atoms with Gasteiger partial charge in [0.2, 0.25) is 0 Å². The van der Waals surface area contributed by atoms with Gasteiger partial charge in [-0.1, -0.05) is 13.8 Å². The van der Waals surface area contributed by atoms with Crippen LogP contribution in [-0.2, 0) is 0 Å². The van der Waals surface area contributed by atoms with E-state index in [9.17, 15) is 0 Å². The molecule has 2 atom stereocenters. The molecule has 3 heteroatoms. The van der Waals surface area contributed by atoms with E-state index in [1.54, 1.807) is 0 Å². The second kappa shape index (κ2) is 5.34. The third-order valence-corrected chi connectivity index (χ3v) is 3.39. The molecule has 2 saturated heterocycles. The summed E-state index contributed by atoms with van der Waals surface area (Å²) in [7, 11) is 0. The molecule has 0 saturated carbocycles. The van der Waals surface area contributed by atoms with Crippen LogP contribution in [0, 0.1) is 11.8 Å². The fraction of sp³-hybridized carbons (Fsp3) is 1.00. The number of rotatable bonds is 2. The Morgan fingerprint density at radius 1 is 1.36 bits per heavy atom. The lowest BCUT2D eigenvalue weighted by atomic mass is 9.92. The molecule has 0 bridgehead atoms. The van der Waals surface area contributed by atoms with Crippen molar-refractivity contribution in [3.05, 3.63) is 0 Å². The maximum absolute atomic E-state index is 3.62. The van der Waals surface area contributed by atoms with Crippen LogP contribution in [-0.4, -0.2) is 37.1 Å². The molecule has 0 aromatic heterocycles. The average molecular weight is 219 g/mol. The molecule has 2 unspecified atom stereocenters. The molecule has 0 aliphatic carbocycles. The zero-order chi connectivity index (χ0) is 9.26. The van der Waals surface area contributed by atoms with Crippen molar-refractivity contribution in [1.29, 1.82) is 0 Å². The summed E-state index contributed by atoms with van der Waals surface area (Å²) in [4.78, 5) is 2.63. The van der Waals surface area contributed by atoms with Gasteiger partial charge in [-0.15, -0.1) is 12.4 Å². The normalized spacial score (nSPS) is 32.8. The summed E-state index contributed by atoms with van der Waals surface area (Å²) in [6, 6.07) is 0.812. The van der Waals surface area contributed by atoms with E-state index >= 15 is 0 Å². The minimum Gasteiger partial charge on any atom is -0.312 e. The molecule has 2 nitrogen and oxygen atoms in total. The van der Waals surface area contributed by atoms with Crippen LogP contribution in [0.3, 0.4) is 0 Å². The first-order valence-corrected chi connectivity index (χ1v) is 5.71. The molecule has 0 radical (unpaired) electrons. The third-order valence-electron chi connectivity index (χ3n) is 3.39. The molecule has 0 aromatic carbocycles. The van der Waals surface area contributed by atoms with E-state index in [-0.39, 0.29) is 12.4 Å². The van der Waals surface area contributed by atoms with E-state index in [1.807, 2.05) is 0 Å². The highest BCUT2D eigenvalue weighted by molar-refractivity contribution is 5.85. The predicted octanol–water partition coefficient (Wildman–Crippen LogP) is 1.75. The highest BCUT2D eigenvalue weighted by Gasteiger charge is 2.32. The highest BCUT2D eigenvalue weighted by atomic mass is 35.5. The summed E-state index contributed by atoms with van der Waals surface area (Å²) in [6.07, 6.45) is 2.84. The minimum atomic E-state index is 0. The van der Waals surface area contributed by atoms with Gasteiger partial charge in [0, 0.05) is 19.1 Å². The summed E-state index contributed by atoms with van der Waals surface area (Å²) in [5.74, 6) is 1.81. The van der Waals surface area contributed by atoms with Crippen molar-refractivity contribution < 1.29 is 0 Å². The summed E-state index contributed by atoms with van der Waals surface area (Å²) in [5.41, 5.74) is 0. The van der Waals surface area contributed by atoms with Crippen LogP contribution in [0.4, 0.5) is 0 Å². The lowest BCUT2D eigenvalue weighted by Gasteiger charge is -2.35. The Hall–Kier alpha value is 0.210. The van der Waals surface area contributed by atoms with Gasteiger partial charge in [0.15, 0.2) is 0 Å². The van der Waals surface area contributed by atoms with E-state index in [0.717, 1.165) is 17.9 Å². The molecule has 0 spiro atoms. The number of nitrogens with zero attached hydrogens (tertiary/aromatic N) is 1. The van der Waals surface area contributed by atoms with E-state index < -0.39 is 0 Å². The molecular formula is C11H23ClN2. The van der Waals surface area contributed by atoms with Gasteiger partial charge < -0.3 is 10.2 Å². The van der Waals surface area contributed by atoms with E-state index in [4.69, 9.17) is 0 Å². The van der Waals surface area contributed by atoms with Crippen LogP contribution in [0.5, 0.6) is 0 Å². The maximum Gasteiger partial charge on any atom is 0.0224 e. The lowest BCUT2D eigenvalue weighted by Crippen LogP contribution is -2.47. The summed E-state index contributed by atoms with van der Waals surface area (Å²) in [6.45, 7) is 9.79. The third kappa shape index (κ3) is 2.85. The van der Waals surface area contributed by atoms with Crippen LogP contribution in [0.25, 0.3) is 0 Å². The van der Waals surface area contributed by atoms with Gasteiger partial charge in [-0.3, -0.25) is 0 Å². The number of hydrogen-bond acceptors (Lipinski definition) is 2. The smallest absolute Gasteiger partial charge is 0.0224 e. The Labute approximate surface area is 93.8 Å². The first-order chi connectivity index (χ1) is 6.25. The van der Waals surface area contributed by atoms with Crippen molar-refractivity contribution in [1.82, 2.24) is 10.2 Å². The largest absolute Gasteiger partial charge is 0.312 e. The molecule has 2 fully saturated rings. The molecule has 1 N–H and O–H groups in total. The highest BCUT2D eigenvalue weighted by Crippen LogP contribution is 2.25. The summed E-state index contributed by atoms with van der Waals surface area (Å²) in [5, 5.41) is 3.62. The molecule has 2 aliphatic rings. The number of halogens is 1. The number of nitrogens with one attached hydrogen (secondary N) is 1. The van der Waals surface area contributed by atoms with Gasteiger partial charge in [-0.25, -0.2) is 0 Å². The Morgan fingerprint density at radius 3 is 2.86 bits per heavy atom. The van der Waals surface area contributed by atoms with Crippen LogP contribution in [0.2, 0.25) is 0 Å². The van der Waals surface area contributed by atoms with Crippen molar-refractivity contribution in [2.75, 3.05) is 26.2 Å². The standard InChI is InChI=1S/C11H22N2.ClH/c1-9(2)7-13-6-4-10-3-5-12-11(10)8-13;/h9-12H,3-8H2,1-2H3;1H. The second-order valence-corrected chi connectivity index (χ2v) is 5.05. The van der Waals surface area contributed by atoms with E-state index in [1.165, 1.54) is 39.0 Å². The quantitative estimate of drug-likeness (QED) is 0.760. The maximum atomic E-state index is 3.62. The van der Waals surface area contributed by atoms with Crippen molar-refractivity contribution in [3.63, 3.8) is 0 Å². The molecule has 2 heterocycles. The topological polar surface area (TPSA) is 15.3 Å². The molecular weight excluding hydrogens is 196 g/mol. The molecule has 0 amide bonds. The van der Waals surface area contributed by atoms with Gasteiger partial charge in [-0.05, 0) is 37.8 Å². The molecule has 0 aromatic rings. The molecule has 14 heavy (non-hydrogen) atoms. The first-order valence-electron chi connectivity index (χ1n) is 5.71. The lowest BCUT2D eigenvalue weighted by molar-refractivity contribution is 0.152. The SMILES string of the molecule is CC(C)CN1CCC2CCNC2C1.Cl. The van der Waals surface area contributed by atoms with E-state index in [2.05, 4.69) is 24.1 Å². The van der Waals surface area contributed by atoms with Crippen LogP contribution in [0.1, 0.15) is 26.7 Å². The zero-order valence-electron chi connectivity index (χ0n) is 9.33. The molecule has 2 aliphatic heterocycles. The van der Waals surface area contributed by atoms with Gasteiger partial charge in [0.05, 0.1) is 0 Å². The van der Waals surface area contributed by atoms with Crippen molar-refractivity contribution in [2.24, 2.45) is 11.8 Å². The van der Waals surface area contributed by atoms with Crippen molar-refractivity contribution in [3.8, 4) is 0 Å². The van der Waals surface area contributed by atoms with Crippen LogP contribution in [0.15, 0.2) is 0 Å². The number of hydrogen-bond donors (Lipinski definition) is 1. The molecule has 84 valence electrons. The van der Waals surface area contributed by atoms with Gasteiger partial charge in [0.1, 0.15) is 0 Å². The fourth-order valence-corrected chi connectivity index (χ4v) is 2.78. The van der Waals surface area contributed by atoms with Crippen LogP contribution < -0.4 is 5.32 Å². The first kappa shape index (κ1) is 12.3. The second-order valence-electron chi connectivity index (χ2n) is 5.05. The molecule has 2 rings (SSSR count). The monoisotopic (exact) mass is 218 g/mol. The van der Waals surface area contributed by atoms with Crippen LogP contribution >= 0.6 is 12.4 Å². The Morgan fingerprint density at radius 2 is 2.14 bits per heavy atom. The van der Waals surface area contributed by atoms with Gasteiger partial charge >= 0.3 is 0 Å². The number of piperidine rings is 1. The zero-order valence-corrected chi connectivity index (χ0v) is 10.1. The fourth-order valence-electron chi connectivity index (χ4n) is 2.78. The average Bonchev–Trinajstić information content (AvgIpc) is 2.49. The number of likely N-dealkylation sites (tertiary alicyclic amines) is 1. The van der Waals surface area contributed by atoms with Crippen molar-refractivity contribution >= 4 is 12.4 Å². The Bertz CT molecular complexity index is 173. The predicted molar refractivity (Wildman–Crippen MR) is 63.0 cm³/mol. The Balaban J connectivity index is 0.000000980. The van der Waals surface area contributed by atoms with Gasteiger partial charge in [-0.2, -0.15) is 0 Å². The van der Waals surface area contributed by atoms with E-state index in [0.29, 0.717) is 0 Å². The number of fused-ring (bicyclic) bond motifs is 1. The Kier molecular flexibility index (Phi) is 4.68. The summed E-state index contributed by atoms with van der Waals surface area (Å²) >= 11 is 0. The summed E-state index contributed by atoms with van der Waals surface area (Å²) < 4.78 is 0. The van der Waals surface area contributed by atoms with Gasteiger partial charge in [0.25, 0.3) is 0 Å². The van der Waals surface area contributed by atoms with Crippen molar-refractivity contribution in [2.45, 2.75) is 32.7 Å².